The summed E-state index contributed by atoms with van der Waals surface area (Å²) in [6, 6.07) is 3.70. The second kappa shape index (κ2) is 6.82. The highest BCUT2D eigenvalue weighted by atomic mass is 16.5. The van der Waals surface area contributed by atoms with E-state index in [1.165, 1.54) is 0 Å². The quantitative estimate of drug-likeness (QED) is 0.321. The van der Waals surface area contributed by atoms with Crippen molar-refractivity contribution in [2.24, 2.45) is 10.9 Å². The summed E-state index contributed by atoms with van der Waals surface area (Å²) in [5.74, 6) is 0.0198. The smallest absolute Gasteiger partial charge is 0.188 e. The summed E-state index contributed by atoms with van der Waals surface area (Å²) in [4.78, 5) is 6.14. The van der Waals surface area contributed by atoms with Crippen molar-refractivity contribution >= 4 is 5.84 Å². The van der Waals surface area contributed by atoms with Crippen molar-refractivity contribution in [3.05, 3.63) is 29.6 Å². The average Bonchev–Trinajstić information content (AvgIpc) is 2.35. The number of hydrogen-bond acceptors (Lipinski definition) is 5. The van der Waals surface area contributed by atoms with Gasteiger partial charge in [-0.25, -0.2) is 0 Å². The van der Waals surface area contributed by atoms with Crippen molar-refractivity contribution < 1.29 is 9.94 Å². The van der Waals surface area contributed by atoms with E-state index in [4.69, 9.17) is 15.7 Å². The number of oxime groups is 1. The fourth-order valence-corrected chi connectivity index (χ4v) is 1.40. The number of amidine groups is 1. The van der Waals surface area contributed by atoms with E-state index in [1.54, 1.807) is 19.4 Å². The lowest BCUT2D eigenvalue weighted by Crippen LogP contribution is -2.23. The molecule has 6 nitrogen and oxygen atoms in total. The van der Waals surface area contributed by atoms with Crippen LogP contribution in [0, 0.1) is 0 Å². The zero-order valence-corrected chi connectivity index (χ0v) is 10.1. The van der Waals surface area contributed by atoms with Gasteiger partial charge in [-0.1, -0.05) is 5.16 Å². The van der Waals surface area contributed by atoms with Crippen LogP contribution in [0.4, 0.5) is 0 Å². The van der Waals surface area contributed by atoms with Crippen molar-refractivity contribution in [3.63, 3.8) is 0 Å². The first kappa shape index (κ1) is 13.4. The van der Waals surface area contributed by atoms with Crippen molar-refractivity contribution in [1.29, 1.82) is 0 Å². The minimum absolute atomic E-state index is 0.0198. The largest absolute Gasteiger partial charge is 0.409 e. The van der Waals surface area contributed by atoms with Crippen LogP contribution >= 0.6 is 0 Å². The summed E-state index contributed by atoms with van der Waals surface area (Å²) in [6.45, 7) is 2.30. The van der Waals surface area contributed by atoms with Gasteiger partial charge < -0.3 is 15.7 Å². The molecular weight excluding hydrogens is 220 g/mol. The molecule has 0 radical (unpaired) electrons. The predicted octanol–water partition coefficient (Wildman–Crippen LogP) is 0.254. The average molecular weight is 238 g/mol. The first-order chi connectivity index (χ1) is 8.17. The standard InChI is InChI=1S/C11H18N4O2/c1-15(5-6-17-2)8-9-3-4-13-10(7-9)11(12)14-16/h3-4,7,16H,5-6,8H2,1-2H3,(H2,12,14). The first-order valence-electron chi connectivity index (χ1n) is 5.27. The Kier molecular flexibility index (Phi) is 5.38. The lowest BCUT2D eigenvalue weighted by atomic mass is 10.2. The molecule has 17 heavy (non-hydrogen) atoms. The SMILES string of the molecule is COCCN(C)Cc1ccnc(C(N)=NO)c1. The van der Waals surface area contributed by atoms with E-state index in [0.29, 0.717) is 12.3 Å². The number of ether oxygens (including phenoxy) is 1. The van der Waals surface area contributed by atoms with Crippen LogP contribution in [0.2, 0.25) is 0 Å². The lowest BCUT2D eigenvalue weighted by molar-refractivity contribution is 0.158. The fraction of sp³-hybridized carbons (Fsp3) is 0.455. The van der Waals surface area contributed by atoms with Crippen LogP contribution in [0.3, 0.4) is 0 Å². The van der Waals surface area contributed by atoms with Crippen molar-refractivity contribution in [2.75, 3.05) is 27.3 Å². The van der Waals surface area contributed by atoms with Gasteiger partial charge >= 0.3 is 0 Å². The molecule has 3 N–H and O–H groups in total. The Labute approximate surface area is 101 Å². The fourth-order valence-electron chi connectivity index (χ4n) is 1.40. The van der Waals surface area contributed by atoms with Crippen molar-refractivity contribution in [1.82, 2.24) is 9.88 Å². The van der Waals surface area contributed by atoms with E-state index in [0.717, 1.165) is 18.7 Å². The molecular formula is C11H18N4O2. The number of nitrogens with two attached hydrogens (primary N) is 1. The van der Waals surface area contributed by atoms with Crippen LogP contribution in [-0.4, -0.2) is 48.2 Å². The Morgan fingerprint density at radius 1 is 1.65 bits per heavy atom. The van der Waals surface area contributed by atoms with Gasteiger partial charge in [0.25, 0.3) is 0 Å². The number of pyridine rings is 1. The highest BCUT2D eigenvalue weighted by molar-refractivity contribution is 5.95. The zero-order chi connectivity index (χ0) is 12.7. The van der Waals surface area contributed by atoms with E-state index < -0.39 is 0 Å². The monoisotopic (exact) mass is 238 g/mol. The van der Waals surface area contributed by atoms with E-state index >= 15 is 0 Å². The number of rotatable bonds is 6. The van der Waals surface area contributed by atoms with Crippen LogP contribution < -0.4 is 5.73 Å². The van der Waals surface area contributed by atoms with Crippen molar-refractivity contribution in [3.8, 4) is 0 Å². The highest BCUT2D eigenvalue weighted by Gasteiger charge is 2.04. The predicted molar refractivity (Wildman–Crippen MR) is 65.0 cm³/mol. The van der Waals surface area contributed by atoms with Crippen molar-refractivity contribution in [2.45, 2.75) is 6.54 Å². The molecule has 0 atom stereocenters. The van der Waals surface area contributed by atoms with Crippen LogP contribution in [0.15, 0.2) is 23.5 Å². The first-order valence-corrected chi connectivity index (χ1v) is 5.27. The maximum Gasteiger partial charge on any atom is 0.188 e. The zero-order valence-electron chi connectivity index (χ0n) is 10.1. The van der Waals surface area contributed by atoms with E-state index in [-0.39, 0.29) is 5.84 Å². The normalized spacial score (nSPS) is 12.1. The van der Waals surface area contributed by atoms with Gasteiger partial charge in [-0.15, -0.1) is 0 Å². The number of hydrogen-bond donors (Lipinski definition) is 2. The topological polar surface area (TPSA) is 84.0 Å². The second-order valence-electron chi connectivity index (χ2n) is 3.77. The number of methoxy groups -OCH3 is 1. The molecule has 0 aromatic carbocycles. The molecule has 0 aliphatic heterocycles. The van der Waals surface area contributed by atoms with Gasteiger partial charge in [0, 0.05) is 26.4 Å². The van der Waals surface area contributed by atoms with Gasteiger partial charge in [-0.2, -0.15) is 0 Å². The van der Waals surface area contributed by atoms with Crippen LogP contribution in [0.5, 0.6) is 0 Å². The van der Waals surface area contributed by atoms with E-state index in [9.17, 15) is 0 Å². The highest BCUT2D eigenvalue weighted by Crippen LogP contribution is 2.04. The third-order valence-electron chi connectivity index (χ3n) is 2.32. The minimum atomic E-state index is 0.0198. The molecule has 94 valence electrons. The molecule has 1 heterocycles. The summed E-state index contributed by atoms with van der Waals surface area (Å²) < 4.78 is 5.00. The third kappa shape index (κ3) is 4.38. The Morgan fingerprint density at radius 2 is 2.41 bits per heavy atom. The van der Waals surface area contributed by atoms with Gasteiger partial charge in [0.05, 0.1) is 6.61 Å². The number of likely N-dealkylation sites (N-methyl/N-ethyl adjacent to an activating group) is 1. The molecule has 6 heteroatoms. The summed E-state index contributed by atoms with van der Waals surface area (Å²) >= 11 is 0. The number of aromatic nitrogens is 1. The van der Waals surface area contributed by atoms with E-state index in [2.05, 4.69) is 15.0 Å². The number of nitrogens with zero attached hydrogens (tertiary/aromatic N) is 3. The molecule has 0 fully saturated rings. The molecule has 0 bridgehead atoms. The second-order valence-corrected chi connectivity index (χ2v) is 3.77. The maximum absolute atomic E-state index is 8.57. The Balaban J connectivity index is 2.65. The summed E-state index contributed by atoms with van der Waals surface area (Å²) in [6.07, 6.45) is 1.65. The molecule has 1 rings (SSSR count). The van der Waals surface area contributed by atoms with Gasteiger partial charge in [0.1, 0.15) is 5.69 Å². The summed E-state index contributed by atoms with van der Waals surface area (Å²) in [5.41, 5.74) is 7.01. The summed E-state index contributed by atoms with van der Waals surface area (Å²) in [5, 5.41) is 11.5. The Hall–Kier alpha value is -1.66. The molecule has 0 spiro atoms. The van der Waals surface area contributed by atoms with Crippen LogP contribution in [-0.2, 0) is 11.3 Å². The van der Waals surface area contributed by atoms with Crippen LogP contribution in [0.25, 0.3) is 0 Å². The van der Waals surface area contributed by atoms with Gasteiger partial charge in [0.15, 0.2) is 5.84 Å². The molecule has 0 saturated carbocycles. The molecule has 0 amide bonds. The molecule has 1 aromatic heterocycles. The Morgan fingerprint density at radius 3 is 3.06 bits per heavy atom. The van der Waals surface area contributed by atoms with Gasteiger partial charge in [-0.05, 0) is 24.7 Å². The molecule has 0 aliphatic rings. The van der Waals surface area contributed by atoms with Gasteiger partial charge in [-0.3, -0.25) is 9.88 Å². The van der Waals surface area contributed by atoms with Gasteiger partial charge in [0.2, 0.25) is 0 Å². The minimum Gasteiger partial charge on any atom is -0.409 e. The molecule has 0 unspecified atom stereocenters. The Bertz CT molecular complexity index is 381. The summed E-state index contributed by atoms with van der Waals surface area (Å²) in [7, 11) is 3.68. The molecule has 0 aliphatic carbocycles. The molecule has 0 saturated heterocycles. The maximum atomic E-state index is 8.57. The van der Waals surface area contributed by atoms with E-state index in [1.807, 2.05) is 13.1 Å². The lowest BCUT2D eigenvalue weighted by Gasteiger charge is -2.16. The van der Waals surface area contributed by atoms with Crippen LogP contribution in [0.1, 0.15) is 11.3 Å². The third-order valence-corrected chi connectivity index (χ3v) is 2.32. The molecule has 1 aromatic rings.